The molecule has 4 heteroatoms. The summed E-state index contributed by atoms with van der Waals surface area (Å²) in [6.07, 6.45) is 2.62. The van der Waals surface area contributed by atoms with Gasteiger partial charge in [-0.05, 0) is 19.8 Å². The van der Waals surface area contributed by atoms with E-state index in [9.17, 15) is 4.79 Å². The maximum Gasteiger partial charge on any atom is 0.240 e. The molecule has 1 fully saturated rings. The number of nitrogens with one attached hydrogen (secondary N) is 1. The fourth-order valence-electron chi connectivity index (χ4n) is 1.78. The quantitative estimate of drug-likeness (QED) is 0.693. The molecule has 0 aromatic carbocycles. The number of hydrogen-bond donors (Lipinski definition) is 2. The zero-order chi connectivity index (χ0) is 10.6. The Morgan fingerprint density at radius 1 is 1.64 bits per heavy atom. The molecule has 78 valence electrons. The molecule has 1 amide bonds. The number of aliphatic hydroxyl groups is 1. The highest BCUT2D eigenvalue weighted by Gasteiger charge is 2.41. The summed E-state index contributed by atoms with van der Waals surface area (Å²) >= 11 is 0. The lowest BCUT2D eigenvalue weighted by atomic mass is 9.87. The molecule has 0 radical (unpaired) electrons. The van der Waals surface area contributed by atoms with Gasteiger partial charge in [-0.1, -0.05) is 12.8 Å². The fourth-order valence-corrected chi connectivity index (χ4v) is 1.78. The van der Waals surface area contributed by atoms with Crippen molar-refractivity contribution in [3.8, 4) is 6.07 Å². The fraction of sp³-hybridized carbons (Fsp3) is 0.800. The van der Waals surface area contributed by atoms with Crippen LogP contribution < -0.4 is 5.32 Å². The smallest absolute Gasteiger partial charge is 0.240 e. The monoisotopic (exact) mass is 196 g/mol. The van der Waals surface area contributed by atoms with E-state index in [4.69, 9.17) is 10.4 Å². The van der Waals surface area contributed by atoms with Gasteiger partial charge in [0.15, 0.2) is 0 Å². The third-order valence-corrected chi connectivity index (χ3v) is 2.66. The molecule has 1 atom stereocenters. The Morgan fingerprint density at radius 2 is 2.21 bits per heavy atom. The summed E-state index contributed by atoms with van der Waals surface area (Å²) in [5, 5.41) is 20.6. The average Bonchev–Trinajstić information content (AvgIpc) is 2.63. The van der Waals surface area contributed by atoms with Gasteiger partial charge >= 0.3 is 0 Å². The Morgan fingerprint density at radius 3 is 2.64 bits per heavy atom. The standard InChI is InChI=1S/C10H16N2O2/c1-8(13)6-12-9(14)10(7-11)4-2-3-5-10/h8,13H,2-6H2,1H3,(H,12,14)/t8-/m1/s1. The molecule has 1 rings (SSSR count). The van der Waals surface area contributed by atoms with Gasteiger partial charge in [-0.25, -0.2) is 0 Å². The van der Waals surface area contributed by atoms with Crippen LogP contribution in [0.5, 0.6) is 0 Å². The van der Waals surface area contributed by atoms with Crippen molar-refractivity contribution >= 4 is 5.91 Å². The Bertz CT molecular complexity index is 249. The largest absolute Gasteiger partial charge is 0.392 e. The number of rotatable bonds is 3. The lowest BCUT2D eigenvalue weighted by Gasteiger charge is -2.19. The SMILES string of the molecule is C[C@@H](O)CNC(=O)C1(C#N)CCCC1. The topological polar surface area (TPSA) is 73.1 Å². The zero-order valence-electron chi connectivity index (χ0n) is 8.42. The number of carbonyl (C=O) groups excluding carboxylic acids is 1. The van der Waals surface area contributed by atoms with Crippen LogP contribution in [0.3, 0.4) is 0 Å². The highest BCUT2D eigenvalue weighted by molar-refractivity contribution is 5.85. The van der Waals surface area contributed by atoms with Crippen LogP contribution in [0.4, 0.5) is 0 Å². The minimum atomic E-state index is -0.825. The maximum atomic E-state index is 11.7. The summed E-state index contributed by atoms with van der Waals surface area (Å²) < 4.78 is 0. The molecule has 0 unspecified atom stereocenters. The van der Waals surface area contributed by atoms with E-state index in [0.29, 0.717) is 12.8 Å². The molecule has 14 heavy (non-hydrogen) atoms. The second-order valence-electron chi connectivity index (χ2n) is 3.96. The highest BCUT2D eigenvalue weighted by atomic mass is 16.3. The summed E-state index contributed by atoms with van der Waals surface area (Å²) in [7, 11) is 0. The summed E-state index contributed by atoms with van der Waals surface area (Å²) in [6.45, 7) is 1.83. The van der Waals surface area contributed by atoms with Crippen LogP contribution in [-0.4, -0.2) is 23.7 Å². The second-order valence-corrected chi connectivity index (χ2v) is 3.96. The third kappa shape index (κ3) is 2.24. The van der Waals surface area contributed by atoms with Gasteiger partial charge in [-0.2, -0.15) is 5.26 Å². The molecule has 2 N–H and O–H groups in total. The highest BCUT2D eigenvalue weighted by Crippen LogP contribution is 2.37. The van der Waals surface area contributed by atoms with Crippen molar-refractivity contribution in [3.05, 3.63) is 0 Å². The molecule has 1 aliphatic carbocycles. The van der Waals surface area contributed by atoms with Crippen LogP contribution in [0.1, 0.15) is 32.6 Å². The number of hydrogen-bond acceptors (Lipinski definition) is 3. The van der Waals surface area contributed by atoms with Crippen LogP contribution in [0.2, 0.25) is 0 Å². The van der Waals surface area contributed by atoms with E-state index >= 15 is 0 Å². The molecule has 1 saturated carbocycles. The van der Waals surface area contributed by atoms with Crippen LogP contribution >= 0.6 is 0 Å². The van der Waals surface area contributed by atoms with Crippen molar-refractivity contribution in [2.24, 2.45) is 5.41 Å². The number of amides is 1. The van der Waals surface area contributed by atoms with E-state index in [1.165, 1.54) is 0 Å². The Labute approximate surface area is 83.9 Å². The van der Waals surface area contributed by atoms with Crippen molar-refractivity contribution in [3.63, 3.8) is 0 Å². The second kappa shape index (κ2) is 4.43. The first kappa shape index (κ1) is 11.0. The van der Waals surface area contributed by atoms with E-state index < -0.39 is 11.5 Å². The number of nitriles is 1. The lowest BCUT2D eigenvalue weighted by molar-refractivity contribution is -0.128. The Hall–Kier alpha value is -1.08. The predicted octanol–water partition coefficient (Wildman–Crippen LogP) is 0.567. The van der Waals surface area contributed by atoms with Crippen molar-refractivity contribution < 1.29 is 9.90 Å². The van der Waals surface area contributed by atoms with Crippen LogP contribution in [0.25, 0.3) is 0 Å². The summed E-state index contributed by atoms with van der Waals surface area (Å²) in [4.78, 5) is 11.7. The van der Waals surface area contributed by atoms with E-state index in [1.54, 1.807) is 6.92 Å². The summed E-state index contributed by atoms with van der Waals surface area (Å²) in [5.74, 6) is -0.224. The number of aliphatic hydroxyl groups excluding tert-OH is 1. The van der Waals surface area contributed by atoms with E-state index in [0.717, 1.165) is 12.8 Å². The molecule has 4 nitrogen and oxygen atoms in total. The molecule has 1 aliphatic rings. The van der Waals surface area contributed by atoms with Crippen molar-refractivity contribution in [1.82, 2.24) is 5.32 Å². The number of carbonyl (C=O) groups is 1. The Kier molecular flexibility index (Phi) is 3.48. The first-order valence-corrected chi connectivity index (χ1v) is 4.98. The molecule has 0 aliphatic heterocycles. The molecule has 0 heterocycles. The van der Waals surface area contributed by atoms with Gasteiger partial charge in [-0.15, -0.1) is 0 Å². The van der Waals surface area contributed by atoms with Gasteiger partial charge in [0.05, 0.1) is 12.2 Å². The minimum absolute atomic E-state index is 0.224. The van der Waals surface area contributed by atoms with Gasteiger partial charge in [0, 0.05) is 6.54 Å². The molecule has 0 aromatic rings. The van der Waals surface area contributed by atoms with E-state index in [1.807, 2.05) is 0 Å². The van der Waals surface area contributed by atoms with Gasteiger partial charge in [0.2, 0.25) is 5.91 Å². The van der Waals surface area contributed by atoms with E-state index in [2.05, 4.69) is 11.4 Å². The predicted molar refractivity (Wildman–Crippen MR) is 51.2 cm³/mol. The molecule has 0 bridgehead atoms. The third-order valence-electron chi connectivity index (χ3n) is 2.66. The van der Waals surface area contributed by atoms with Gasteiger partial charge < -0.3 is 10.4 Å². The van der Waals surface area contributed by atoms with E-state index in [-0.39, 0.29) is 12.5 Å². The Balaban J connectivity index is 2.53. The zero-order valence-corrected chi connectivity index (χ0v) is 8.42. The first-order valence-electron chi connectivity index (χ1n) is 4.98. The number of nitrogens with zero attached hydrogens (tertiary/aromatic N) is 1. The minimum Gasteiger partial charge on any atom is -0.392 e. The van der Waals surface area contributed by atoms with Crippen LogP contribution in [0.15, 0.2) is 0 Å². The van der Waals surface area contributed by atoms with Gasteiger partial charge in [0.1, 0.15) is 5.41 Å². The van der Waals surface area contributed by atoms with Crippen LogP contribution in [0, 0.1) is 16.7 Å². The van der Waals surface area contributed by atoms with Crippen molar-refractivity contribution in [1.29, 1.82) is 5.26 Å². The summed E-state index contributed by atoms with van der Waals surface area (Å²) in [6, 6.07) is 2.11. The average molecular weight is 196 g/mol. The molecule has 0 aromatic heterocycles. The first-order chi connectivity index (χ1) is 6.60. The molecule has 0 spiro atoms. The summed E-state index contributed by atoms with van der Waals surface area (Å²) in [5.41, 5.74) is -0.825. The van der Waals surface area contributed by atoms with Gasteiger partial charge in [0.25, 0.3) is 0 Å². The maximum absolute atomic E-state index is 11.7. The molecular formula is C10H16N2O2. The van der Waals surface area contributed by atoms with Crippen molar-refractivity contribution in [2.45, 2.75) is 38.7 Å². The lowest BCUT2D eigenvalue weighted by Crippen LogP contribution is -2.41. The van der Waals surface area contributed by atoms with Crippen LogP contribution in [-0.2, 0) is 4.79 Å². The molecule has 0 saturated heterocycles. The van der Waals surface area contributed by atoms with Crippen molar-refractivity contribution in [2.75, 3.05) is 6.54 Å². The molecular weight excluding hydrogens is 180 g/mol. The van der Waals surface area contributed by atoms with Gasteiger partial charge in [-0.3, -0.25) is 4.79 Å². The normalized spacial score (nSPS) is 21.2.